The molecule has 1 aliphatic carbocycles. The zero-order chi connectivity index (χ0) is 16.1. The molecule has 6 nitrogen and oxygen atoms in total. The number of piperidine rings is 1. The second-order valence-corrected chi connectivity index (χ2v) is 7.17. The van der Waals surface area contributed by atoms with E-state index in [1.54, 1.807) is 0 Å². The molecule has 0 bridgehead atoms. The number of hydrogen-bond acceptors (Lipinski definition) is 4. The van der Waals surface area contributed by atoms with Crippen molar-refractivity contribution in [3.8, 4) is 0 Å². The van der Waals surface area contributed by atoms with Crippen LogP contribution in [0.4, 0.5) is 0 Å². The largest absolute Gasteiger partial charge is 0.347 e. The predicted octanol–water partition coefficient (Wildman–Crippen LogP) is 1.41. The van der Waals surface area contributed by atoms with Gasteiger partial charge in [0.2, 0.25) is 5.91 Å². The van der Waals surface area contributed by atoms with Gasteiger partial charge in [-0.15, -0.1) is 0 Å². The zero-order valence-corrected chi connectivity index (χ0v) is 13.9. The molecule has 2 amide bonds. The van der Waals surface area contributed by atoms with E-state index >= 15 is 0 Å². The van der Waals surface area contributed by atoms with E-state index in [1.807, 2.05) is 0 Å². The number of hydrogen-bond donors (Lipinski definition) is 2. The highest BCUT2D eigenvalue weighted by Gasteiger charge is 2.26. The molecule has 3 rings (SSSR count). The summed E-state index contributed by atoms with van der Waals surface area (Å²) < 4.78 is 0. The van der Waals surface area contributed by atoms with Crippen LogP contribution >= 0.6 is 0 Å². The molecule has 2 heterocycles. The number of likely N-dealkylation sites (tertiary alicyclic amines) is 1. The fourth-order valence-electron chi connectivity index (χ4n) is 3.98. The number of carbonyl (C=O) groups is 2. The Labute approximate surface area is 138 Å². The summed E-state index contributed by atoms with van der Waals surface area (Å²) in [7, 11) is 0. The first-order valence-corrected chi connectivity index (χ1v) is 9.09. The van der Waals surface area contributed by atoms with Gasteiger partial charge in [0.05, 0.1) is 0 Å². The van der Waals surface area contributed by atoms with E-state index in [1.165, 1.54) is 38.6 Å². The number of rotatable bonds is 4. The molecule has 6 heteroatoms. The van der Waals surface area contributed by atoms with Gasteiger partial charge in [0, 0.05) is 32.0 Å². The minimum atomic E-state index is -0.116. The number of amides is 2. The third-order valence-corrected chi connectivity index (χ3v) is 5.25. The van der Waals surface area contributed by atoms with Crippen LogP contribution in [0, 0.1) is 5.92 Å². The van der Waals surface area contributed by atoms with Crippen LogP contribution in [0.2, 0.25) is 0 Å². The highest BCUT2D eigenvalue weighted by Crippen LogP contribution is 2.25. The van der Waals surface area contributed by atoms with Gasteiger partial charge in [-0.25, -0.2) is 5.43 Å². The first kappa shape index (κ1) is 16.4. The van der Waals surface area contributed by atoms with Gasteiger partial charge >= 0.3 is 0 Å². The minimum Gasteiger partial charge on any atom is -0.347 e. The molecule has 1 saturated carbocycles. The van der Waals surface area contributed by atoms with Crippen molar-refractivity contribution in [2.45, 2.75) is 63.8 Å². The van der Waals surface area contributed by atoms with Crippen molar-refractivity contribution in [3.05, 3.63) is 0 Å². The van der Waals surface area contributed by atoms with Crippen molar-refractivity contribution in [1.82, 2.24) is 15.6 Å². The van der Waals surface area contributed by atoms with Gasteiger partial charge in [0.1, 0.15) is 5.71 Å². The van der Waals surface area contributed by atoms with Gasteiger partial charge in [-0.2, -0.15) is 5.10 Å². The molecule has 23 heavy (non-hydrogen) atoms. The molecule has 0 radical (unpaired) electrons. The summed E-state index contributed by atoms with van der Waals surface area (Å²) in [6.45, 7) is 3.28. The zero-order valence-electron chi connectivity index (χ0n) is 13.9. The fraction of sp³-hybridized carbons (Fsp3) is 0.824. The molecule has 0 aromatic heterocycles. The van der Waals surface area contributed by atoms with Gasteiger partial charge in [0.15, 0.2) is 0 Å². The van der Waals surface area contributed by atoms with Crippen molar-refractivity contribution in [1.29, 1.82) is 0 Å². The first-order valence-electron chi connectivity index (χ1n) is 9.09. The minimum absolute atomic E-state index is 0.113. The van der Waals surface area contributed by atoms with Gasteiger partial charge in [-0.1, -0.05) is 19.3 Å². The van der Waals surface area contributed by atoms with E-state index in [2.05, 4.69) is 20.7 Å². The maximum atomic E-state index is 12.3. The molecule has 1 saturated heterocycles. The lowest BCUT2D eigenvalue weighted by Crippen LogP contribution is -2.51. The van der Waals surface area contributed by atoms with E-state index in [0.717, 1.165) is 31.8 Å². The molecular formula is C17H28N4O2. The SMILES string of the molecule is O=C1CCC(C(=O)NC2CCCN(CC3CCCCC3)C2)=NN1. The topological polar surface area (TPSA) is 73.8 Å². The molecule has 2 fully saturated rings. The third-order valence-electron chi connectivity index (χ3n) is 5.25. The molecule has 0 spiro atoms. The Morgan fingerprint density at radius 3 is 2.74 bits per heavy atom. The molecule has 0 aromatic carbocycles. The maximum absolute atomic E-state index is 12.3. The summed E-state index contributed by atoms with van der Waals surface area (Å²) in [5.41, 5.74) is 2.84. The highest BCUT2D eigenvalue weighted by atomic mass is 16.2. The molecule has 1 unspecified atom stereocenters. The summed E-state index contributed by atoms with van der Waals surface area (Å²) in [5.74, 6) is 0.614. The fourth-order valence-corrected chi connectivity index (χ4v) is 3.98. The Balaban J connectivity index is 1.46. The van der Waals surface area contributed by atoms with E-state index in [0.29, 0.717) is 18.6 Å². The summed E-state index contributed by atoms with van der Waals surface area (Å²) in [6, 6.07) is 0.208. The lowest BCUT2D eigenvalue weighted by atomic mass is 9.88. The van der Waals surface area contributed by atoms with Crippen LogP contribution in [0.5, 0.6) is 0 Å². The number of hydrazone groups is 1. The monoisotopic (exact) mass is 320 g/mol. The van der Waals surface area contributed by atoms with Gasteiger partial charge in [-0.05, 0) is 38.1 Å². The summed E-state index contributed by atoms with van der Waals surface area (Å²) in [6.07, 6.45) is 9.85. The van der Waals surface area contributed by atoms with E-state index in [4.69, 9.17) is 0 Å². The van der Waals surface area contributed by atoms with Crippen molar-refractivity contribution in [2.24, 2.45) is 11.0 Å². The summed E-state index contributed by atoms with van der Waals surface area (Å²) >= 11 is 0. The van der Waals surface area contributed by atoms with Crippen LogP contribution in [-0.2, 0) is 9.59 Å². The molecule has 2 N–H and O–H groups in total. The molecule has 1 atom stereocenters. The third kappa shape index (κ3) is 4.77. The Morgan fingerprint density at radius 2 is 2.00 bits per heavy atom. The smallest absolute Gasteiger partial charge is 0.267 e. The predicted molar refractivity (Wildman–Crippen MR) is 89.0 cm³/mol. The second-order valence-electron chi connectivity index (χ2n) is 7.17. The Bertz CT molecular complexity index is 471. The van der Waals surface area contributed by atoms with Crippen molar-refractivity contribution < 1.29 is 9.59 Å². The first-order chi connectivity index (χ1) is 11.2. The van der Waals surface area contributed by atoms with Crippen molar-refractivity contribution in [2.75, 3.05) is 19.6 Å². The van der Waals surface area contributed by atoms with Crippen LogP contribution in [0.1, 0.15) is 57.8 Å². The quantitative estimate of drug-likeness (QED) is 0.822. The second kappa shape index (κ2) is 7.90. The van der Waals surface area contributed by atoms with Crippen LogP contribution in [-0.4, -0.2) is 48.1 Å². The number of carbonyl (C=O) groups excluding carboxylic acids is 2. The number of nitrogens with one attached hydrogen (secondary N) is 2. The molecular weight excluding hydrogens is 292 g/mol. The van der Waals surface area contributed by atoms with Gasteiger partial charge in [0.25, 0.3) is 5.91 Å². The standard InChI is InChI=1S/C17H28N4O2/c22-16-9-8-15(19-20-16)17(23)18-14-7-4-10-21(12-14)11-13-5-2-1-3-6-13/h13-14H,1-12H2,(H,18,23)(H,20,22). The average molecular weight is 320 g/mol. The maximum Gasteiger partial charge on any atom is 0.267 e. The Hall–Kier alpha value is -1.43. The van der Waals surface area contributed by atoms with E-state index in [-0.39, 0.29) is 17.9 Å². The average Bonchev–Trinajstić information content (AvgIpc) is 2.57. The van der Waals surface area contributed by atoms with Crippen LogP contribution in [0.3, 0.4) is 0 Å². The molecule has 0 aromatic rings. The lowest BCUT2D eigenvalue weighted by Gasteiger charge is -2.36. The van der Waals surface area contributed by atoms with Crippen LogP contribution < -0.4 is 10.7 Å². The lowest BCUT2D eigenvalue weighted by molar-refractivity contribution is -0.121. The van der Waals surface area contributed by atoms with Crippen LogP contribution in [0.15, 0.2) is 5.10 Å². The van der Waals surface area contributed by atoms with Crippen molar-refractivity contribution >= 4 is 17.5 Å². The Kier molecular flexibility index (Phi) is 5.65. The summed E-state index contributed by atoms with van der Waals surface area (Å²) in [5, 5.41) is 6.99. The molecule has 128 valence electrons. The molecule has 3 aliphatic rings. The normalized spacial score (nSPS) is 27.2. The van der Waals surface area contributed by atoms with Gasteiger partial charge in [-0.3, -0.25) is 9.59 Å². The summed E-state index contributed by atoms with van der Waals surface area (Å²) in [4.78, 5) is 25.9. The molecule has 2 aliphatic heterocycles. The Morgan fingerprint density at radius 1 is 1.17 bits per heavy atom. The highest BCUT2D eigenvalue weighted by molar-refractivity contribution is 6.39. The van der Waals surface area contributed by atoms with Crippen molar-refractivity contribution in [3.63, 3.8) is 0 Å². The van der Waals surface area contributed by atoms with Gasteiger partial charge < -0.3 is 10.2 Å². The van der Waals surface area contributed by atoms with E-state index in [9.17, 15) is 9.59 Å². The number of nitrogens with zero attached hydrogens (tertiary/aromatic N) is 2. The van der Waals surface area contributed by atoms with Crippen LogP contribution in [0.25, 0.3) is 0 Å². The van der Waals surface area contributed by atoms with E-state index < -0.39 is 0 Å².